The van der Waals surface area contributed by atoms with Crippen LogP contribution in [0.2, 0.25) is 0 Å². The number of imidazole rings is 1. The van der Waals surface area contributed by atoms with Crippen molar-refractivity contribution in [1.82, 2.24) is 14.9 Å². The molecular weight excluding hydrogens is 250 g/mol. The summed E-state index contributed by atoms with van der Waals surface area (Å²) in [5.74, 6) is 1.18. The molecule has 0 bridgehead atoms. The molecule has 0 saturated carbocycles. The second-order valence-electron chi connectivity index (χ2n) is 5.63. The third kappa shape index (κ3) is 4.32. The van der Waals surface area contributed by atoms with Crippen molar-refractivity contribution in [3.63, 3.8) is 0 Å². The molecule has 0 aromatic carbocycles. The molecule has 4 heteroatoms. The third-order valence-corrected chi connectivity index (χ3v) is 4.00. The fourth-order valence-electron chi connectivity index (χ4n) is 2.84. The van der Waals surface area contributed by atoms with Crippen LogP contribution in [0.5, 0.6) is 0 Å². The largest absolute Gasteiger partial charge is 0.380 e. The molecule has 4 nitrogen and oxygen atoms in total. The molecule has 114 valence electrons. The van der Waals surface area contributed by atoms with Gasteiger partial charge in [0.2, 0.25) is 0 Å². The van der Waals surface area contributed by atoms with Crippen LogP contribution in [0, 0.1) is 6.92 Å². The van der Waals surface area contributed by atoms with E-state index in [0.717, 1.165) is 32.8 Å². The molecule has 0 spiro atoms. The Balaban J connectivity index is 1.66. The number of nitrogens with one attached hydrogen (secondary N) is 1. The highest BCUT2D eigenvalue weighted by Gasteiger charge is 2.17. The standard InChI is InChI=1S/C16H29N3O/c1-3-4-12-20-13-10-17-9-11-19-14(2)18-15-7-5-6-8-16(15)19/h17H,3-13H2,1-2H3. The molecule has 1 aliphatic rings. The number of nitrogens with zero attached hydrogens (tertiary/aromatic N) is 2. The number of fused-ring (bicyclic) bond motifs is 1. The van der Waals surface area contributed by atoms with E-state index in [1.807, 2.05) is 0 Å². The number of aryl methyl sites for hydroxylation is 2. The Bertz CT molecular complexity index is 401. The maximum Gasteiger partial charge on any atom is 0.106 e. The summed E-state index contributed by atoms with van der Waals surface area (Å²) in [6.07, 6.45) is 7.37. The van der Waals surface area contributed by atoms with Gasteiger partial charge in [0.15, 0.2) is 0 Å². The second kappa shape index (κ2) is 8.42. The molecule has 1 heterocycles. The van der Waals surface area contributed by atoms with Crippen LogP contribution in [0.4, 0.5) is 0 Å². The topological polar surface area (TPSA) is 39.1 Å². The van der Waals surface area contributed by atoms with E-state index in [9.17, 15) is 0 Å². The number of hydrogen-bond acceptors (Lipinski definition) is 3. The molecule has 2 rings (SSSR count). The van der Waals surface area contributed by atoms with E-state index < -0.39 is 0 Å². The van der Waals surface area contributed by atoms with Crippen LogP contribution in [0.1, 0.15) is 49.8 Å². The van der Waals surface area contributed by atoms with Gasteiger partial charge in [-0.1, -0.05) is 13.3 Å². The molecule has 20 heavy (non-hydrogen) atoms. The van der Waals surface area contributed by atoms with Gasteiger partial charge in [-0.3, -0.25) is 0 Å². The number of ether oxygens (including phenoxy) is 1. The average Bonchev–Trinajstić information content (AvgIpc) is 2.78. The predicted octanol–water partition coefficient (Wildman–Crippen LogP) is 2.48. The van der Waals surface area contributed by atoms with Gasteiger partial charge >= 0.3 is 0 Å². The van der Waals surface area contributed by atoms with Crippen LogP contribution in [-0.4, -0.2) is 35.9 Å². The Morgan fingerprint density at radius 2 is 2.05 bits per heavy atom. The molecule has 0 atom stereocenters. The Hall–Kier alpha value is -0.870. The van der Waals surface area contributed by atoms with E-state index in [0.29, 0.717) is 0 Å². The van der Waals surface area contributed by atoms with Crippen LogP contribution in [0.25, 0.3) is 0 Å². The average molecular weight is 279 g/mol. The lowest BCUT2D eigenvalue weighted by Crippen LogP contribution is -2.25. The summed E-state index contributed by atoms with van der Waals surface area (Å²) < 4.78 is 7.95. The summed E-state index contributed by atoms with van der Waals surface area (Å²) in [7, 11) is 0. The molecule has 1 aromatic rings. The first-order valence-corrected chi connectivity index (χ1v) is 8.16. The second-order valence-corrected chi connectivity index (χ2v) is 5.63. The Kier molecular flexibility index (Phi) is 6.54. The van der Waals surface area contributed by atoms with E-state index in [4.69, 9.17) is 9.72 Å². The van der Waals surface area contributed by atoms with Crippen LogP contribution in [0.15, 0.2) is 0 Å². The van der Waals surface area contributed by atoms with Crippen molar-refractivity contribution in [2.45, 2.75) is 58.9 Å². The monoisotopic (exact) mass is 279 g/mol. The van der Waals surface area contributed by atoms with Crippen molar-refractivity contribution in [3.05, 3.63) is 17.2 Å². The lowest BCUT2D eigenvalue weighted by Gasteiger charge is -2.15. The highest BCUT2D eigenvalue weighted by molar-refractivity contribution is 5.19. The first kappa shape index (κ1) is 15.5. The van der Waals surface area contributed by atoms with Crippen LogP contribution in [-0.2, 0) is 24.1 Å². The van der Waals surface area contributed by atoms with Gasteiger partial charge < -0.3 is 14.6 Å². The van der Waals surface area contributed by atoms with Gasteiger partial charge in [-0.15, -0.1) is 0 Å². The molecule has 1 aromatic heterocycles. The summed E-state index contributed by atoms with van der Waals surface area (Å²) in [5, 5.41) is 3.46. The molecule has 1 N–H and O–H groups in total. The van der Waals surface area contributed by atoms with Gasteiger partial charge in [0.25, 0.3) is 0 Å². The Morgan fingerprint density at radius 3 is 2.90 bits per heavy atom. The normalized spacial score (nSPS) is 14.5. The number of unbranched alkanes of at least 4 members (excludes halogenated alkanes) is 1. The van der Waals surface area contributed by atoms with Crippen LogP contribution >= 0.6 is 0 Å². The first-order valence-electron chi connectivity index (χ1n) is 8.16. The van der Waals surface area contributed by atoms with E-state index in [1.54, 1.807) is 0 Å². The summed E-state index contributed by atoms with van der Waals surface area (Å²) in [4.78, 5) is 4.71. The van der Waals surface area contributed by atoms with E-state index >= 15 is 0 Å². The maximum absolute atomic E-state index is 5.54. The number of hydrogen-bond donors (Lipinski definition) is 1. The SMILES string of the molecule is CCCCOCCNCCn1c(C)nc2c1CCCC2. The zero-order valence-electron chi connectivity index (χ0n) is 13.1. The quantitative estimate of drug-likeness (QED) is 0.706. The summed E-state index contributed by atoms with van der Waals surface area (Å²) >= 11 is 0. The fourth-order valence-corrected chi connectivity index (χ4v) is 2.84. The molecule has 0 fully saturated rings. The summed E-state index contributed by atoms with van der Waals surface area (Å²) in [5.41, 5.74) is 2.83. The molecule has 0 aliphatic heterocycles. The number of aromatic nitrogens is 2. The highest BCUT2D eigenvalue weighted by atomic mass is 16.5. The van der Waals surface area contributed by atoms with Gasteiger partial charge in [0.1, 0.15) is 5.82 Å². The van der Waals surface area contributed by atoms with E-state index in [-0.39, 0.29) is 0 Å². The molecule has 1 aliphatic carbocycles. The van der Waals surface area contributed by atoms with Gasteiger partial charge in [0.05, 0.1) is 12.3 Å². The molecule has 0 amide bonds. The van der Waals surface area contributed by atoms with Crippen molar-refractivity contribution in [3.8, 4) is 0 Å². The van der Waals surface area contributed by atoms with Crippen LogP contribution < -0.4 is 5.32 Å². The fraction of sp³-hybridized carbons (Fsp3) is 0.812. The summed E-state index contributed by atoms with van der Waals surface area (Å²) in [6.45, 7) is 9.01. The predicted molar refractivity (Wildman–Crippen MR) is 82.2 cm³/mol. The zero-order valence-corrected chi connectivity index (χ0v) is 13.1. The third-order valence-electron chi connectivity index (χ3n) is 4.00. The Labute approximate surface area is 122 Å². The smallest absolute Gasteiger partial charge is 0.106 e. The molecular formula is C16H29N3O. The Morgan fingerprint density at radius 1 is 1.20 bits per heavy atom. The van der Waals surface area contributed by atoms with Gasteiger partial charge in [0, 0.05) is 31.9 Å². The zero-order chi connectivity index (χ0) is 14.2. The van der Waals surface area contributed by atoms with Gasteiger partial charge in [-0.2, -0.15) is 0 Å². The van der Waals surface area contributed by atoms with E-state index in [1.165, 1.54) is 55.7 Å². The highest BCUT2D eigenvalue weighted by Crippen LogP contribution is 2.21. The maximum atomic E-state index is 5.54. The minimum absolute atomic E-state index is 0.820. The van der Waals surface area contributed by atoms with Gasteiger partial charge in [-0.25, -0.2) is 4.98 Å². The lowest BCUT2D eigenvalue weighted by molar-refractivity contribution is 0.133. The van der Waals surface area contributed by atoms with Crippen molar-refractivity contribution >= 4 is 0 Å². The number of rotatable bonds is 9. The van der Waals surface area contributed by atoms with Gasteiger partial charge in [-0.05, 0) is 39.0 Å². The first-order chi connectivity index (χ1) is 9.83. The van der Waals surface area contributed by atoms with Crippen molar-refractivity contribution < 1.29 is 4.74 Å². The molecule has 0 saturated heterocycles. The minimum Gasteiger partial charge on any atom is -0.380 e. The molecule has 0 radical (unpaired) electrons. The van der Waals surface area contributed by atoms with Crippen molar-refractivity contribution in [2.24, 2.45) is 0 Å². The van der Waals surface area contributed by atoms with Crippen molar-refractivity contribution in [1.29, 1.82) is 0 Å². The summed E-state index contributed by atoms with van der Waals surface area (Å²) in [6, 6.07) is 0. The lowest BCUT2D eigenvalue weighted by atomic mass is 10.0. The minimum atomic E-state index is 0.820. The van der Waals surface area contributed by atoms with Crippen LogP contribution in [0.3, 0.4) is 0 Å². The van der Waals surface area contributed by atoms with E-state index in [2.05, 4.69) is 23.7 Å². The molecule has 0 unspecified atom stereocenters. The van der Waals surface area contributed by atoms with Crippen molar-refractivity contribution in [2.75, 3.05) is 26.3 Å².